The highest BCUT2D eigenvalue weighted by Gasteiger charge is 2.23. The molecule has 0 spiro atoms. The lowest BCUT2D eigenvalue weighted by Gasteiger charge is -1.91. The second-order valence-electron chi connectivity index (χ2n) is 1.47. The molecular weight excluding hydrogens is 126 g/mol. The maximum Gasteiger partial charge on any atom is 0.343 e. The first kappa shape index (κ1) is 7.83. The molecule has 52 valence electrons. The van der Waals surface area contributed by atoms with E-state index in [4.69, 9.17) is 16.1 Å². The molecule has 6 nitrogen and oxygen atoms in total. The van der Waals surface area contributed by atoms with Crippen LogP contribution in [0.1, 0.15) is 6.92 Å². The van der Waals surface area contributed by atoms with E-state index in [-0.39, 0.29) is 4.86 Å². The summed E-state index contributed by atoms with van der Waals surface area (Å²) in [5.41, 5.74) is 4.94. The number of hydroxylamine groups is 1. The molecule has 9 heavy (non-hydrogen) atoms. The van der Waals surface area contributed by atoms with Crippen LogP contribution in [0.15, 0.2) is 5.28 Å². The van der Waals surface area contributed by atoms with E-state index in [2.05, 4.69) is 5.28 Å². The summed E-state index contributed by atoms with van der Waals surface area (Å²) in [5, 5.41) is 18.4. The minimum absolute atomic E-state index is 0.0255. The summed E-state index contributed by atoms with van der Waals surface area (Å²) in [6, 6.07) is 0. The van der Waals surface area contributed by atoms with Crippen LogP contribution < -0.4 is 5.73 Å². The third-order valence-corrected chi connectivity index (χ3v) is 0.757. The van der Waals surface area contributed by atoms with Crippen molar-refractivity contribution in [3.63, 3.8) is 0 Å². The molecule has 0 aromatic heterocycles. The minimum atomic E-state index is -1.28. The Morgan fingerprint density at radius 2 is 2.33 bits per heavy atom. The molecule has 0 radical (unpaired) electrons. The minimum Gasteiger partial charge on any atom is -0.359 e. The molecule has 0 fully saturated rings. The van der Waals surface area contributed by atoms with Gasteiger partial charge in [0, 0.05) is 6.92 Å². The van der Waals surface area contributed by atoms with Crippen LogP contribution in [0, 0.1) is 0 Å². The molecule has 0 heterocycles. The predicted molar refractivity (Wildman–Crippen MR) is 24.9 cm³/mol. The molecule has 0 aliphatic rings. The van der Waals surface area contributed by atoms with E-state index in [1.54, 1.807) is 0 Å². The Bertz CT molecular complexity index is 143. The fourth-order valence-corrected chi connectivity index (χ4v) is 0.218. The van der Waals surface area contributed by atoms with Crippen LogP contribution in [-0.4, -0.2) is 27.2 Å². The van der Waals surface area contributed by atoms with Crippen molar-refractivity contribution in [1.82, 2.24) is 0 Å². The van der Waals surface area contributed by atoms with Gasteiger partial charge < -0.3 is 5.21 Å². The van der Waals surface area contributed by atoms with Crippen molar-refractivity contribution in [3.8, 4) is 0 Å². The Morgan fingerprint density at radius 1 is 1.89 bits per heavy atom. The topological polar surface area (TPSA) is 98.9 Å². The molecule has 0 saturated heterocycles. The number of carbonyl (C=O) groups excluding carboxylic acids is 1. The van der Waals surface area contributed by atoms with Gasteiger partial charge in [-0.1, -0.05) is 0 Å². The van der Waals surface area contributed by atoms with Gasteiger partial charge in [0.2, 0.25) is 11.1 Å². The molecule has 1 atom stereocenters. The van der Waals surface area contributed by atoms with Gasteiger partial charge in [-0.05, 0) is 0 Å². The normalized spacial score (nSPS) is 15.1. The number of nitrogens with two attached hydrogens (primary N) is 1. The monoisotopic (exact) mass is 134 g/mol. The van der Waals surface area contributed by atoms with Crippen LogP contribution in [0.5, 0.6) is 0 Å². The SMILES string of the molecule is CC(=O)C(N)/[N+](O)=N/O. The van der Waals surface area contributed by atoms with Crippen LogP contribution in [0.25, 0.3) is 0 Å². The van der Waals surface area contributed by atoms with Gasteiger partial charge in [0.05, 0.1) is 0 Å². The standard InChI is InChI=1S/C3H7N3O3/c1-2(7)3(4)6(9)5-8/h3,9H,4H2,1H3/p+1. The van der Waals surface area contributed by atoms with Gasteiger partial charge in [0.15, 0.2) is 4.86 Å². The van der Waals surface area contributed by atoms with E-state index >= 15 is 0 Å². The van der Waals surface area contributed by atoms with Gasteiger partial charge in [-0.25, -0.2) is 0 Å². The lowest BCUT2D eigenvalue weighted by atomic mass is 10.4. The number of hydrogen-bond donors (Lipinski definition) is 3. The first-order valence-electron chi connectivity index (χ1n) is 2.18. The van der Waals surface area contributed by atoms with Gasteiger partial charge in [0.1, 0.15) is 0 Å². The molecule has 4 N–H and O–H groups in total. The number of ketones is 1. The molecule has 0 amide bonds. The molecule has 0 saturated carbocycles. The lowest BCUT2D eigenvalue weighted by molar-refractivity contribution is -0.850. The zero-order valence-electron chi connectivity index (χ0n) is 4.85. The number of rotatable bonds is 2. The maximum absolute atomic E-state index is 10.2. The molecule has 0 aliphatic heterocycles. The van der Waals surface area contributed by atoms with Crippen molar-refractivity contribution in [2.75, 3.05) is 0 Å². The van der Waals surface area contributed by atoms with Gasteiger partial charge in [0.25, 0.3) is 0 Å². The highest BCUT2D eigenvalue weighted by Crippen LogP contribution is 1.80. The molecule has 0 aliphatic carbocycles. The Kier molecular flexibility index (Phi) is 2.59. The van der Waals surface area contributed by atoms with Crippen LogP contribution in [0.3, 0.4) is 0 Å². The Labute approximate surface area is 51.1 Å². The number of hydrogen-bond acceptors (Lipinski definition) is 3. The van der Waals surface area contributed by atoms with E-state index in [0.717, 1.165) is 0 Å². The molecular formula is C3H8N3O3+. The van der Waals surface area contributed by atoms with Crippen molar-refractivity contribution in [2.24, 2.45) is 11.0 Å². The second kappa shape index (κ2) is 2.98. The highest BCUT2D eigenvalue weighted by atomic mass is 16.6. The van der Waals surface area contributed by atoms with Crippen LogP contribution >= 0.6 is 0 Å². The highest BCUT2D eigenvalue weighted by molar-refractivity contribution is 5.79. The first-order chi connectivity index (χ1) is 4.09. The zero-order chi connectivity index (χ0) is 7.44. The Balaban J connectivity index is 4.04. The fraction of sp³-hybridized carbons (Fsp3) is 0.667. The molecule has 0 aromatic rings. The summed E-state index contributed by atoms with van der Waals surface area (Å²) in [5.74, 6) is -0.490. The van der Waals surface area contributed by atoms with Gasteiger partial charge >= 0.3 is 6.17 Å². The maximum atomic E-state index is 10.2. The van der Waals surface area contributed by atoms with Crippen LogP contribution in [0.2, 0.25) is 0 Å². The average molecular weight is 134 g/mol. The second-order valence-corrected chi connectivity index (χ2v) is 1.47. The molecule has 0 aromatic carbocycles. The van der Waals surface area contributed by atoms with Crippen LogP contribution in [-0.2, 0) is 4.79 Å². The quantitative estimate of drug-likeness (QED) is 0.197. The Hall–Kier alpha value is -1.17. The summed E-state index contributed by atoms with van der Waals surface area (Å²) < 4.78 is 0. The summed E-state index contributed by atoms with van der Waals surface area (Å²) in [4.78, 5) is 10.2. The van der Waals surface area contributed by atoms with E-state index in [1.165, 1.54) is 6.92 Å². The molecule has 0 rings (SSSR count). The summed E-state index contributed by atoms with van der Waals surface area (Å²) in [6.45, 7) is 1.17. The smallest absolute Gasteiger partial charge is 0.343 e. The fourth-order valence-electron chi connectivity index (χ4n) is 0.218. The summed E-state index contributed by atoms with van der Waals surface area (Å²) >= 11 is 0. The largest absolute Gasteiger partial charge is 0.359 e. The van der Waals surface area contributed by atoms with Crippen molar-refractivity contribution in [2.45, 2.75) is 13.1 Å². The van der Waals surface area contributed by atoms with Crippen molar-refractivity contribution in [1.29, 1.82) is 0 Å². The van der Waals surface area contributed by atoms with Gasteiger partial charge in [-0.3, -0.25) is 15.7 Å². The summed E-state index contributed by atoms with van der Waals surface area (Å²) in [6.07, 6.45) is -1.28. The van der Waals surface area contributed by atoms with Crippen molar-refractivity contribution in [3.05, 3.63) is 0 Å². The predicted octanol–water partition coefficient (Wildman–Crippen LogP) is -0.897. The summed E-state index contributed by atoms with van der Waals surface area (Å²) in [7, 11) is 0. The lowest BCUT2D eigenvalue weighted by Crippen LogP contribution is -2.38. The molecule has 6 heteroatoms. The third-order valence-electron chi connectivity index (χ3n) is 0.757. The van der Waals surface area contributed by atoms with Crippen molar-refractivity contribution >= 4 is 5.78 Å². The molecule has 0 bridgehead atoms. The third kappa shape index (κ3) is 2.04. The molecule has 1 unspecified atom stereocenters. The zero-order valence-corrected chi connectivity index (χ0v) is 4.85. The van der Waals surface area contributed by atoms with Gasteiger partial charge in [-0.2, -0.15) is 0 Å². The van der Waals surface area contributed by atoms with E-state index in [0.29, 0.717) is 0 Å². The number of nitrogens with zero attached hydrogens (tertiary/aromatic N) is 2. The van der Waals surface area contributed by atoms with Crippen LogP contribution in [0.4, 0.5) is 0 Å². The average Bonchev–Trinajstić information content (AvgIpc) is 1.84. The first-order valence-corrected chi connectivity index (χ1v) is 2.18. The van der Waals surface area contributed by atoms with Gasteiger partial charge in [-0.15, -0.1) is 0 Å². The van der Waals surface area contributed by atoms with E-state index in [1.807, 2.05) is 0 Å². The Morgan fingerprint density at radius 3 is 2.44 bits per heavy atom. The van der Waals surface area contributed by atoms with E-state index in [9.17, 15) is 4.79 Å². The number of carbonyl (C=O) groups is 1. The number of Topliss-reactive ketones (excluding diaryl/α,β-unsaturated/α-hetero) is 1. The van der Waals surface area contributed by atoms with Crippen molar-refractivity contribution < 1.29 is 20.1 Å². The van der Waals surface area contributed by atoms with E-state index < -0.39 is 11.9 Å².